The van der Waals surface area contributed by atoms with Crippen LogP contribution < -0.4 is 14.8 Å². The average Bonchev–Trinajstić information content (AvgIpc) is 3.62. The number of amides is 2. The van der Waals surface area contributed by atoms with E-state index in [1.807, 2.05) is 52.8 Å². The van der Waals surface area contributed by atoms with E-state index in [1.165, 1.54) is 6.92 Å². The maximum absolute atomic E-state index is 14.1. The second-order valence-electron chi connectivity index (χ2n) is 13.6. The van der Waals surface area contributed by atoms with Gasteiger partial charge in [-0.25, -0.2) is 14.8 Å². The minimum atomic E-state index is -0.880. The molecule has 2 fully saturated rings. The fraction of sp³-hybridized carbons (Fsp3) is 0.667. The summed E-state index contributed by atoms with van der Waals surface area (Å²) in [5.74, 6) is 1.11. The van der Waals surface area contributed by atoms with E-state index in [9.17, 15) is 14.4 Å². The van der Waals surface area contributed by atoms with Crippen molar-refractivity contribution < 1.29 is 28.6 Å². The number of ether oxygens (including phenoxy) is 3. The minimum absolute atomic E-state index is 0.130. The highest BCUT2D eigenvalue weighted by molar-refractivity contribution is 5.92. The van der Waals surface area contributed by atoms with Crippen LogP contribution in [0.3, 0.4) is 0 Å². The minimum Gasteiger partial charge on any atom is -0.494 e. The summed E-state index contributed by atoms with van der Waals surface area (Å²) in [7, 11) is 0. The van der Waals surface area contributed by atoms with Crippen molar-refractivity contribution in [2.24, 2.45) is 23.2 Å². The molecule has 0 radical (unpaired) electrons. The molecule has 1 saturated carbocycles. The Kier molecular flexibility index (Phi) is 8.86. The van der Waals surface area contributed by atoms with E-state index in [0.29, 0.717) is 42.0 Å². The van der Waals surface area contributed by atoms with Gasteiger partial charge in [0.05, 0.1) is 30.2 Å². The first-order valence-electron chi connectivity index (χ1n) is 15.8. The van der Waals surface area contributed by atoms with Gasteiger partial charge < -0.3 is 24.4 Å². The van der Waals surface area contributed by atoms with Gasteiger partial charge in [-0.3, -0.25) is 9.59 Å². The van der Waals surface area contributed by atoms with Gasteiger partial charge >= 0.3 is 6.09 Å². The van der Waals surface area contributed by atoms with E-state index >= 15 is 0 Å². The van der Waals surface area contributed by atoms with Crippen LogP contribution in [0, 0.1) is 23.2 Å². The summed E-state index contributed by atoms with van der Waals surface area (Å²) in [6, 6.07) is 4.10. The molecule has 0 unspecified atom stereocenters. The number of alkyl carbamates (subject to hydrolysis) is 1. The van der Waals surface area contributed by atoms with Crippen molar-refractivity contribution in [1.82, 2.24) is 20.2 Å². The van der Waals surface area contributed by atoms with Crippen LogP contribution in [0.25, 0.3) is 11.0 Å². The van der Waals surface area contributed by atoms with Gasteiger partial charge in [0.25, 0.3) is 0 Å². The fourth-order valence-electron chi connectivity index (χ4n) is 6.63. The Labute approximate surface area is 254 Å². The number of carbonyl (C=O) groups is 3. The van der Waals surface area contributed by atoms with Gasteiger partial charge in [-0.2, -0.15) is 0 Å². The quantitative estimate of drug-likeness (QED) is 0.521. The molecule has 2 amide bonds. The highest BCUT2D eigenvalue weighted by atomic mass is 16.6. The van der Waals surface area contributed by atoms with Gasteiger partial charge in [-0.1, -0.05) is 47.5 Å². The molecular formula is C33H46N4O6. The molecule has 3 aliphatic rings. The van der Waals surface area contributed by atoms with Crippen LogP contribution in [0.1, 0.15) is 79.8 Å². The van der Waals surface area contributed by atoms with Gasteiger partial charge in [-0.05, 0) is 56.6 Å². The molecule has 2 bridgehead atoms. The van der Waals surface area contributed by atoms with E-state index < -0.39 is 29.7 Å². The largest absolute Gasteiger partial charge is 0.494 e. The third kappa shape index (κ3) is 6.73. The number of Topliss-reactive ketones (excluding diaryl/α,β-unsaturated/α-hetero) is 1. The number of rotatable bonds is 3. The van der Waals surface area contributed by atoms with E-state index in [4.69, 9.17) is 24.2 Å². The number of nitrogens with zero attached hydrogens (tertiary/aromatic N) is 3. The summed E-state index contributed by atoms with van der Waals surface area (Å²) >= 11 is 0. The van der Waals surface area contributed by atoms with Gasteiger partial charge in [0, 0.05) is 17.9 Å². The van der Waals surface area contributed by atoms with Crippen molar-refractivity contribution in [3.05, 3.63) is 23.9 Å². The molecule has 5 rings (SSSR count). The Morgan fingerprint density at radius 3 is 2.56 bits per heavy atom. The normalized spacial score (nSPS) is 30.2. The molecule has 1 N–H and O–H groups in total. The number of nitrogens with one attached hydrogen (secondary N) is 1. The van der Waals surface area contributed by atoms with Crippen molar-refractivity contribution in [1.29, 1.82) is 0 Å². The molecule has 234 valence electrons. The highest BCUT2D eigenvalue weighted by Gasteiger charge is 2.50. The number of hydrogen-bond acceptors (Lipinski definition) is 8. The third-order valence-corrected chi connectivity index (χ3v) is 9.21. The van der Waals surface area contributed by atoms with E-state index in [1.54, 1.807) is 4.90 Å². The molecule has 10 nitrogen and oxygen atoms in total. The first kappa shape index (κ1) is 31.0. The van der Waals surface area contributed by atoms with Crippen LogP contribution in [0.4, 0.5) is 4.79 Å². The van der Waals surface area contributed by atoms with Crippen molar-refractivity contribution in [3.63, 3.8) is 0 Å². The highest BCUT2D eigenvalue weighted by Crippen LogP contribution is 2.42. The Bertz CT molecular complexity index is 1370. The SMILES string of the molecule is CCOc1ccc2nc3c(nc2c1)O[C@H]1CN(C(=O)[C@H](C(C)(C)C)NC(=O)O[C@@H]2C[C@H]2[C@@H](C)CCCC3)[C@H](C(C)=O)[C@@H]1C. The van der Waals surface area contributed by atoms with Gasteiger partial charge in [0.15, 0.2) is 5.78 Å². The Hall–Kier alpha value is -3.43. The molecule has 10 heteroatoms. The zero-order valence-electron chi connectivity index (χ0n) is 26.5. The fourth-order valence-corrected chi connectivity index (χ4v) is 6.63. The van der Waals surface area contributed by atoms with E-state index in [2.05, 4.69) is 12.2 Å². The smallest absolute Gasteiger partial charge is 0.408 e. The summed E-state index contributed by atoms with van der Waals surface area (Å²) < 4.78 is 18.0. The molecule has 2 aromatic rings. The molecule has 1 saturated heterocycles. The topological polar surface area (TPSA) is 120 Å². The molecule has 1 aromatic carbocycles. The molecule has 1 aliphatic carbocycles. The number of carbonyl (C=O) groups excluding carboxylic acids is 3. The van der Waals surface area contributed by atoms with E-state index in [0.717, 1.165) is 36.9 Å². The Morgan fingerprint density at radius 1 is 1.09 bits per heavy atom. The maximum atomic E-state index is 14.1. The van der Waals surface area contributed by atoms with Crippen molar-refractivity contribution in [3.8, 4) is 11.6 Å². The number of ketones is 1. The van der Waals surface area contributed by atoms with Crippen LogP contribution in [0.2, 0.25) is 0 Å². The lowest BCUT2D eigenvalue weighted by atomic mass is 9.85. The summed E-state index contributed by atoms with van der Waals surface area (Å²) in [6.45, 7) is 14.0. The molecule has 1 aromatic heterocycles. The Balaban J connectivity index is 1.52. The van der Waals surface area contributed by atoms with Crippen molar-refractivity contribution in [2.45, 2.75) is 105 Å². The van der Waals surface area contributed by atoms with Crippen molar-refractivity contribution >= 4 is 28.8 Å². The monoisotopic (exact) mass is 594 g/mol. The lowest BCUT2D eigenvalue weighted by Crippen LogP contribution is -2.57. The maximum Gasteiger partial charge on any atom is 0.408 e. The second kappa shape index (κ2) is 12.3. The molecule has 3 heterocycles. The van der Waals surface area contributed by atoms with E-state index in [-0.39, 0.29) is 30.3 Å². The van der Waals surface area contributed by atoms with Gasteiger partial charge in [0.1, 0.15) is 29.7 Å². The van der Waals surface area contributed by atoms with Crippen LogP contribution in [0.5, 0.6) is 11.6 Å². The number of aryl methyl sites for hydroxylation is 1. The van der Waals surface area contributed by atoms with Gasteiger partial charge in [-0.15, -0.1) is 0 Å². The second-order valence-corrected chi connectivity index (χ2v) is 13.6. The number of fused-ring (bicyclic) bond motifs is 5. The summed E-state index contributed by atoms with van der Waals surface area (Å²) in [5.41, 5.74) is 1.58. The standard InChI is InChI=1S/C33H46N4O6/c1-8-41-21-13-14-23-25(15-21)35-30-24(34-23)12-10-9-11-18(2)22-16-26(22)43-32(40)36-29(33(5,6)7)31(39)37-17-27(42-30)19(3)28(37)20(4)38/h13-15,18-19,22,26-29H,8-12,16-17H2,1-7H3,(H,36,40)/t18-,19+,22-,26+,27-,28-,29+/m0/s1. The summed E-state index contributed by atoms with van der Waals surface area (Å²) in [5, 5.41) is 2.85. The lowest BCUT2D eigenvalue weighted by Gasteiger charge is -2.35. The third-order valence-electron chi connectivity index (χ3n) is 9.21. The average molecular weight is 595 g/mol. The summed E-state index contributed by atoms with van der Waals surface area (Å²) in [4.78, 5) is 51.5. The zero-order valence-corrected chi connectivity index (χ0v) is 26.5. The number of benzene rings is 1. The van der Waals surface area contributed by atoms with Crippen LogP contribution in [-0.2, 0) is 20.7 Å². The molecular weight excluding hydrogens is 548 g/mol. The Morgan fingerprint density at radius 2 is 1.86 bits per heavy atom. The lowest BCUT2D eigenvalue weighted by molar-refractivity contribution is -0.141. The van der Waals surface area contributed by atoms with Crippen LogP contribution in [-0.4, -0.2) is 70.1 Å². The molecule has 0 spiro atoms. The molecule has 43 heavy (non-hydrogen) atoms. The van der Waals surface area contributed by atoms with Gasteiger partial charge in [0.2, 0.25) is 11.8 Å². The predicted molar refractivity (Wildman–Crippen MR) is 162 cm³/mol. The van der Waals surface area contributed by atoms with Crippen molar-refractivity contribution in [2.75, 3.05) is 13.2 Å². The number of hydrogen-bond donors (Lipinski definition) is 1. The van der Waals surface area contributed by atoms with Crippen LogP contribution >= 0.6 is 0 Å². The predicted octanol–water partition coefficient (Wildman–Crippen LogP) is 5.10. The molecule has 2 aliphatic heterocycles. The first-order chi connectivity index (χ1) is 20.4. The molecule has 7 atom stereocenters. The van der Waals surface area contributed by atoms with Crippen LogP contribution in [0.15, 0.2) is 18.2 Å². The number of aromatic nitrogens is 2. The zero-order chi connectivity index (χ0) is 31.1. The first-order valence-corrected chi connectivity index (χ1v) is 15.8. The summed E-state index contributed by atoms with van der Waals surface area (Å²) in [6.07, 6.45) is 3.23.